The maximum absolute atomic E-state index is 5.79. The average Bonchev–Trinajstić information content (AvgIpc) is 2.44. The highest BCUT2D eigenvalue weighted by Gasteiger charge is 2.09. The number of aryl methyl sites for hydroxylation is 2. The summed E-state index contributed by atoms with van der Waals surface area (Å²) in [6.07, 6.45) is 0. The number of anilines is 2. The highest BCUT2D eigenvalue weighted by molar-refractivity contribution is 9.10. The number of nitrogens with one attached hydrogen (secondary N) is 1. The summed E-state index contributed by atoms with van der Waals surface area (Å²) < 4.78 is 6.38. The molecule has 0 fully saturated rings. The van der Waals surface area contributed by atoms with Crippen LogP contribution in [0.15, 0.2) is 34.8 Å². The average molecular weight is 365 g/mol. The first-order chi connectivity index (χ1) is 9.92. The van der Waals surface area contributed by atoms with Crippen LogP contribution in [0.1, 0.15) is 16.7 Å². The molecule has 0 saturated carbocycles. The minimum atomic E-state index is 0.353. The monoisotopic (exact) mass is 364 g/mol. The molecule has 0 amide bonds. The number of hydrogen-bond donors (Lipinski definition) is 2. The summed E-state index contributed by atoms with van der Waals surface area (Å²) in [4.78, 5) is 0.353. The van der Waals surface area contributed by atoms with Crippen LogP contribution in [-0.2, 0) is 0 Å². The Kier molecular flexibility index (Phi) is 4.85. The van der Waals surface area contributed by atoms with Crippen molar-refractivity contribution in [2.24, 2.45) is 5.73 Å². The van der Waals surface area contributed by atoms with Crippen molar-refractivity contribution in [3.63, 3.8) is 0 Å². The Morgan fingerprint density at radius 2 is 1.81 bits per heavy atom. The summed E-state index contributed by atoms with van der Waals surface area (Å²) >= 11 is 8.68. The van der Waals surface area contributed by atoms with Gasteiger partial charge in [-0.3, -0.25) is 0 Å². The molecule has 5 heteroatoms. The summed E-state index contributed by atoms with van der Waals surface area (Å²) in [5.74, 6) is 0.753. The summed E-state index contributed by atoms with van der Waals surface area (Å²) in [5.41, 5.74) is 10.7. The van der Waals surface area contributed by atoms with Gasteiger partial charge in [0.2, 0.25) is 0 Å². The molecule has 0 spiro atoms. The van der Waals surface area contributed by atoms with Crippen molar-refractivity contribution < 1.29 is 4.74 Å². The van der Waals surface area contributed by atoms with Crippen LogP contribution in [0.3, 0.4) is 0 Å². The van der Waals surface area contributed by atoms with Gasteiger partial charge in [0.05, 0.1) is 12.8 Å². The summed E-state index contributed by atoms with van der Waals surface area (Å²) in [7, 11) is 1.63. The van der Waals surface area contributed by atoms with Crippen molar-refractivity contribution in [2.45, 2.75) is 13.8 Å². The molecular formula is C16H17BrN2OS. The van der Waals surface area contributed by atoms with E-state index in [1.165, 1.54) is 0 Å². The van der Waals surface area contributed by atoms with Gasteiger partial charge in [-0.25, -0.2) is 0 Å². The fraction of sp³-hybridized carbons (Fsp3) is 0.188. The molecule has 0 aliphatic carbocycles. The van der Waals surface area contributed by atoms with Crippen LogP contribution in [0.4, 0.5) is 11.4 Å². The first-order valence-corrected chi connectivity index (χ1v) is 7.64. The van der Waals surface area contributed by atoms with E-state index in [2.05, 4.69) is 47.2 Å². The fourth-order valence-corrected chi connectivity index (χ4v) is 2.55. The Bertz CT molecular complexity index is 678. The molecule has 0 atom stereocenters. The molecular weight excluding hydrogens is 348 g/mol. The molecule has 21 heavy (non-hydrogen) atoms. The second-order valence-electron chi connectivity index (χ2n) is 4.82. The zero-order chi connectivity index (χ0) is 15.6. The number of thiocarbonyl (C=S) groups is 1. The Balaban J connectivity index is 2.45. The molecule has 2 rings (SSSR count). The molecule has 0 bridgehead atoms. The van der Waals surface area contributed by atoms with Crippen LogP contribution >= 0.6 is 28.1 Å². The Morgan fingerprint density at radius 1 is 1.19 bits per heavy atom. The summed E-state index contributed by atoms with van der Waals surface area (Å²) in [6.45, 7) is 4.12. The van der Waals surface area contributed by atoms with Gasteiger partial charge in [-0.15, -0.1) is 0 Å². The SMILES string of the molecule is COc1ccc(C(N)=S)c(Nc2cc(C)c(Br)c(C)c2)c1. The quantitative estimate of drug-likeness (QED) is 0.786. The van der Waals surface area contributed by atoms with Gasteiger partial charge in [0.15, 0.2) is 0 Å². The third-order valence-electron chi connectivity index (χ3n) is 3.21. The molecule has 2 aromatic rings. The molecule has 0 aliphatic rings. The van der Waals surface area contributed by atoms with Crippen LogP contribution in [0.25, 0.3) is 0 Å². The van der Waals surface area contributed by atoms with Gasteiger partial charge >= 0.3 is 0 Å². The number of nitrogens with two attached hydrogens (primary N) is 1. The van der Waals surface area contributed by atoms with Crippen molar-refractivity contribution in [3.8, 4) is 5.75 Å². The number of ether oxygens (including phenoxy) is 1. The normalized spacial score (nSPS) is 10.3. The van der Waals surface area contributed by atoms with Crippen molar-refractivity contribution in [3.05, 3.63) is 51.5 Å². The van der Waals surface area contributed by atoms with Crippen LogP contribution in [0, 0.1) is 13.8 Å². The highest BCUT2D eigenvalue weighted by Crippen LogP contribution is 2.30. The van der Waals surface area contributed by atoms with Gasteiger partial charge in [-0.1, -0.05) is 28.1 Å². The molecule has 0 unspecified atom stereocenters. The topological polar surface area (TPSA) is 47.3 Å². The van der Waals surface area contributed by atoms with E-state index in [1.807, 2.05) is 18.2 Å². The van der Waals surface area contributed by atoms with E-state index in [0.717, 1.165) is 38.3 Å². The van der Waals surface area contributed by atoms with E-state index >= 15 is 0 Å². The largest absolute Gasteiger partial charge is 0.497 e. The van der Waals surface area contributed by atoms with E-state index in [9.17, 15) is 0 Å². The van der Waals surface area contributed by atoms with Crippen molar-refractivity contribution >= 4 is 44.5 Å². The van der Waals surface area contributed by atoms with Gasteiger partial charge in [0, 0.05) is 21.8 Å². The van der Waals surface area contributed by atoms with E-state index in [4.69, 9.17) is 22.7 Å². The smallest absolute Gasteiger partial charge is 0.120 e. The van der Waals surface area contributed by atoms with E-state index in [0.29, 0.717) is 4.99 Å². The summed E-state index contributed by atoms with van der Waals surface area (Å²) in [6, 6.07) is 9.74. The molecule has 0 radical (unpaired) electrons. The van der Waals surface area contributed by atoms with Crippen molar-refractivity contribution in [1.29, 1.82) is 0 Å². The Labute approximate surface area is 138 Å². The third-order valence-corrected chi connectivity index (χ3v) is 4.68. The zero-order valence-electron chi connectivity index (χ0n) is 12.2. The maximum Gasteiger partial charge on any atom is 0.120 e. The molecule has 0 aromatic heterocycles. The van der Waals surface area contributed by atoms with Crippen LogP contribution in [-0.4, -0.2) is 12.1 Å². The van der Waals surface area contributed by atoms with E-state index < -0.39 is 0 Å². The van der Waals surface area contributed by atoms with Gasteiger partial charge in [0.1, 0.15) is 10.7 Å². The van der Waals surface area contributed by atoms with Gasteiger partial charge in [0.25, 0.3) is 0 Å². The minimum absolute atomic E-state index is 0.353. The molecule has 0 saturated heterocycles. The first-order valence-electron chi connectivity index (χ1n) is 6.44. The fourth-order valence-electron chi connectivity index (χ4n) is 2.14. The molecule has 0 aliphatic heterocycles. The predicted molar refractivity (Wildman–Crippen MR) is 95.8 cm³/mol. The van der Waals surface area contributed by atoms with Crippen LogP contribution < -0.4 is 15.8 Å². The minimum Gasteiger partial charge on any atom is -0.497 e. The van der Waals surface area contributed by atoms with E-state index in [1.54, 1.807) is 7.11 Å². The molecule has 2 aromatic carbocycles. The second kappa shape index (κ2) is 6.45. The third kappa shape index (κ3) is 3.54. The van der Waals surface area contributed by atoms with E-state index in [-0.39, 0.29) is 0 Å². The summed E-state index contributed by atoms with van der Waals surface area (Å²) in [5, 5.41) is 3.37. The lowest BCUT2D eigenvalue weighted by Crippen LogP contribution is -2.12. The highest BCUT2D eigenvalue weighted by atomic mass is 79.9. The first kappa shape index (κ1) is 15.8. The number of rotatable bonds is 4. The lowest BCUT2D eigenvalue weighted by atomic mass is 10.1. The number of hydrogen-bond acceptors (Lipinski definition) is 3. The van der Waals surface area contributed by atoms with Crippen LogP contribution in [0.2, 0.25) is 0 Å². The zero-order valence-corrected chi connectivity index (χ0v) is 14.6. The molecule has 0 heterocycles. The molecule has 3 nitrogen and oxygen atoms in total. The second-order valence-corrected chi connectivity index (χ2v) is 6.06. The standard InChI is InChI=1S/C16H17BrN2OS/c1-9-6-11(7-10(2)15(9)17)19-14-8-12(20-3)4-5-13(14)16(18)21/h4-8,19H,1-3H3,(H2,18,21). The van der Waals surface area contributed by atoms with Gasteiger partial charge in [-0.2, -0.15) is 0 Å². The van der Waals surface area contributed by atoms with Gasteiger partial charge in [-0.05, 0) is 49.2 Å². The Morgan fingerprint density at radius 3 is 2.33 bits per heavy atom. The number of methoxy groups -OCH3 is 1. The maximum atomic E-state index is 5.79. The number of halogens is 1. The molecule has 3 N–H and O–H groups in total. The molecule has 110 valence electrons. The lowest BCUT2D eigenvalue weighted by Gasteiger charge is -2.15. The van der Waals surface area contributed by atoms with Crippen LogP contribution in [0.5, 0.6) is 5.75 Å². The van der Waals surface area contributed by atoms with Crippen molar-refractivity contribution in [1.82, 2.24) is 0 Å². The Hall–Kier alpha value is -1.59. The van der Waals surface area contributed by atoms with Crippen molar-refractivity contribution in [2.75, 3.05) is 12.4 Å². The predicted octanol–water partition coefficient (Wildman–Crippen LogP) is 4.45. The lowest BCUT2D eigenvalue weighted by molar-refractivity contribution is 0.415. The number of benzene rings is 2. The van der Waals surface area contributed by atoms with Gasteiger partial charge < -0.3 is 15.8 Å².